The van der Waals surface area contributed by atoms with Crippen LogP contribution >= 0.6 is 0 Å². The van der Waals surface area contributed by atoms with Crippen LogP contribution < -0.4 is 11.1 Å². The first-order valence-corrected chi connectivity index (χ1v) is 4.64. The Morgan fingerprint density at radius 3 is 2.38 bits per heavy atom. The minimum absolute atomic E-state index is 0.00787. The quantitative estimate of drug-likeness (QED) is 0.555. The van der Waals surface area contributed by atoms with E-state index in [1.54, 1.807) is 6.92 Å². The monoisotopic (exact) mass is 188 g/mol. The number of carbonyl (C=O) groups is 1. The maximum Gasteiger partial charge on any atom is 0.224 e. The fraction of sp³-hybridized carbons (Fsp3) is 0.889. The third-order valence-electron chi connectivity index (χ3n) is 2.31. The average molecular weight is 188 g/mol. The van der Waals surface area contributed by atoms with Crippen molar-refractivity contribution in [2.24, 2.45) is 17.6 Å². The molecule has 0 aliphatic carbocycles. The van der Waals surface area contributed by atoms with Gasteiger partial charge < -0.3 is 16.2 Å². The summed E-state index contributed by atoms with van der Waals surface area (Å²) >= 11 is 0. The molecule has 0 aromatic heterocycles. The minimum atomic E-state index is -0.159. The van der Waals surface area contributed by atoms with Gasteiger partial charge in [-0.3, -0.25) is 4.79 Å². The lowest BCUT2D eigenvalue weighted by atomic mass is 10.0. The molecule has 3 atom stereocenters. The maximum absolute atomic E-state index is 11.3. The molecule has 0 aliphatic rings. The average Bonchev–Trinajstić information content (AvgIpc) is 2.14. The molecule has 0 aromatic carbocycles. The molecule has 3 unspecified atom stereocenters. The van der Waals surface area contributed by atoms with Crippen LogP contribution in [-0.4, -0.2) is 30.2 Å². The molecule has 0 saturated carbocycles. The number of rotatable bonds is 5. The topological polar surface area (TPSA) is 75.4 Å². The molecule has 0 spiro atoms. The van der Waals surface area contributed by atoms with E-state index in [4.69, 9.17) is 10.8 Å². The molecule has 0 aliphatic heterocycles. The van der Waals surface area contributed by atoms with Crippen molar-refractivity contribution in [1.82, 2.24) is 5.32 Å². The molecule has 0 saturated heterocycles. The zero-order chi connectivity index (χ0) is 10.4. The SMILES string of the molecule is CC(CN)C(=O)NC(C)C(C)CO. The van der Waals surface area contributed by atoms with Gasteiger partial charge >= 0.3 is 0 Å². The molecule has 78 valence electrons. The van der Waals surface area contributed by atoms with Gasteiger partial charge in [0, 0.05) is 25.1 Å². The van der Waals surface area contributed by atoms with Crippen LogP contribution in [0.4, 0.5) is 0 Å². The van der Waals surface area contributed by atoms with Crippen molar-refractivity contribution in [3.63, 3.8) is 0 Å². The van der Waals surface area contributed by atoms with Gasteiger partial charge in [0.2, 0.25) is 5.91 Å². The molecule has 0 fully saturated rings. The van der Waals surface area contributed by atoms with Gasteiger partial charge in [-0.15, -0.1) is 0 Å². The lowest BCUT2D eigenvalue weighted by molar-refractivity contribution is -0.125. The molecule has 4 nitrogen and oxygen atoms in total. The summed E-state index contributed by atoms with van der Waals surface area (Å²) in [5.74, 6) is -0.127. The Morgan fingerprint density at radius 1 is 1.46 bits per heavy atom. The first-order chi connectivity index (χ1) is 6.02. The summed E-state index contributed by atoms with van der Waals surface area (Å²) in [6.07, 6.45) is 0. The highest BCUT2D eigenvalue weighted by Gasteiger charge is 2.17. The van der Waals surface area contributed by atoms with Crippen LogP contribution in [0.1, 0.15) is 20.8 Å². The Kier molecular flexibility index (Phi) is 5.66. The second-order valence-corrected chi connectivity index (χ2v) is 3.59. The van der Waals surface area contributed by atoms with E-state index in [0.717, 1.165) is 0 Å². The zero-order valence-electron chi connectivity index (χ0n) is 8.58. The van der Waals surface area contributed by atoms with Gasteiger partial charge in [-0.1, -0.05) is 13.8 Å². The van der Waals surface area contributed by atoms with Gasteiger partial charge in [0.15, 0.2) is 0 Å². The number of nitrogens with one attached hydrogen (secondary N) is 1. The van der Waals surface area contributed by atoms with Crippen LogP contribution in [0.25, 0.3) is 0 Å². The van der Waals surface area contributed by atoms with Crippen LogP contribution in [0.3, 0.4) is 0 Å². The maximum atomic E-state index is 11.3. The van der Waals surface area contributed by atoms with E-state index < -0.39 is 0 Å². The van der Waals surface area contributed by atoms with Crippen molar-refractivity contribution in [3.05, 3.63) is 0 Å². The van der Waals surface area contributed by atoms with Crippen LogP contribution in [-0.2, 0) is 4.79 Å². The Hall–Kier alpha value is -0.610. The van der Waals surface area contributed by atoms with Crippen LogP contribution in [0.5, 0.6) is 0 Å². The smallest absolute Gasteiger partial charge is 0.224 e. The van der Waals surface area contributed by atoms with Crippen molar-refractivity contribution in [2.45, 2.75) is 26.8 Å². The van der Waals surface area contributed by atoms with E-state index in [9.17, 15) is 4.79 Å². The van der Waals surface area contributed by atoms with Gasteiger partial charge in [0.25, 0.3) is 0 Å². The number of carbonyl (C=O) groups excluding carboxylic acids is 1. The molecule has 4 N–H and O–H groups in total. The standard InChI is InChI=1S/C9H20N2O2/c1-6(4-10)9(13)11-8(3)7(2)5-12/h6-8,12H,4-5,10H2,1-3H3,(H,11,13). The Morgan fingerprint density at radius 2 is 2.00 bits per heavy atom. The predicted molar refractivity (Wildman–Crippen MR) is 52.1 cm³/mol. The second kappa shape index (κ2) is 5.94. The number of aliphatic hydroxyl groups is 1. The summed E-state index contributed by atoms with van der Waals surface area (Å²) < 4.78 is 0. The summed E-state index contributed by atoms with van der Waals surface area (Å²) in [6.45, 7) is 5.98. The van der Waals surface area contributed by atoms with Crippen molar-refractivity contribution in [3.8, 4) is 0 Å². The molecular formula is C9H20N2O2. The Bertz CT molecular complexity index is 162. The van der Waals surface area contributed by atoms with Gasteiger partial charge in [0.05, 0.1) is 0 Å². The molecule has 0 rings (SSSR count). The fourth-order valence-corrected chi connectivity index (χ4v) is 0.774. The van der Waals surface area contributed by atoms with E-state index in [1.807, 2.05) is 13.8 Å². The number of hydrogen-bond donors (Lipinski definition) is 3. The van der Waals surface area contributed by atoms with Gasteiger partial charge in [-0.25, -0.2) is 0 Å². The van der Waals surface area contributed by atoms with E-state index in [2.05, 4.69) is 5.32 Å². The molecule has 13 heavy (non-hydrogen) atoms. The number of hydrogen-bond acceptors (Lipinski definition) is 3. The van der Waals surface area contributed by atoms with Crippen molar-refractivity contribution in [1.29, 1.82) is 0 Å². The summed E-state index contributed by atoms with van der Waals surface area (Å²) in [7, 11) is 0. The highest BCUT2D eigenvalue weighted by Crippen LogP contribution is 2.02. The second-order valence-electron chi connectivity index (χ2n) is 3.59. The van der Waals surface area contributed by atoms with E-state index in [-0.39, 0.29) is 30.4 Å². The number of amides is 1. The molecule has 0 bridgehead atoms. The van der Waals surface area contributed by atoms with E-state index >= 15 is 0 Å². The van der Waals surface area contributed by atoms with E-state index in [1.165, 1.54) is 0 Å². The van der Waals surface area contributed by atoms with Gasteiger partial charge in [0.1, 0.15) is 0 Å². The van der Waals surface area contributed by atoms with Crippen molar-refractivity contribution >= 4 is 5.91 Å². The Labute approximate surface area is 79.5 Å². The summed E-state index contributed by atoms with van der Waals surface area (Å²) in [6, 6.07) is -0.00787. The molecule has 4 heteroatoms. The van der Waals surface area contributed by atoms with Crippen molar-refractivity contribution < 1.29 is 9.90 Å². The normalized spacial score (nSPS) is 17.6. The fourth-order valence-electron chi connectivity index (χ4n) is 0.774. The Balaban J connectivity index is 3.91. The lowest BCUT2D eigenvalue weighted by Gasteiger charge is -2.21. The first-order valence-electron chi connectivity index (χ1n) is 4.64. The highest BCUT2D eigenvalue weighted by molar-refractivity contribution is 5.78. The molecular weight excluding hydrogens is 168 g/mol. The molecule has 0 aromatic rings. The third-order valence-corrected chi connectivity index (χ3v) is 2.31. The van der Waals surface area contributed by atoms with Crippen LogP contribution in [0.15, 0.2) is 0 Å². The predicted octanol–water partition coefficient (Wildman–Crippen LogP) is -0.286. The van der Waals surface area contributed by atoms with E-state index in [0.29, 0.717) is 6.54 Å². The van der Waals surface area contributed by atoms with Crippen LogP contribution in [0, 0.1) is 11.8 Å². The largest absolute Gasteiger partial charge is 0.396 e. The summed E-state index contributed by atoms with van der Waals surface area (Å²) in [5.41, 5.74) is 5.35. The first kappa shape index (κ1) is 12.4. The summed E-state index contributed by atoms with van der Waals surface area (Å²) in [5, 5.41) is 11.6. The molecule has 0 heterocycles. The third kappa shape index (κ3) is 4.24. The highest BCUT2D eigenvalue weighted by atomic mass is 16.3. The van der Waals surface area contributed by atoms with Crippen molar-refractivity contribution in [2.75, 3.05) is 13.2 Å². The molecule has 1 amide bonds. The van der Waals surface area contributed by atoms with Gasteiger partial charge in [-0.05, 0) is 12.8 Å². The number of nitrogens with two attached hydrogens (primary N) is 1. The molecule has 0 radical (unpaired) electrons. The summed E-state index contributed by atoms with van der Waals surface area (Å²) in [4.78, 5) is 11.3. The lowest BCUT2D eigenvalue weighted by Crippen LogP contribution is -2.42. The van der Waals surface area contributed by atoms with Crippen LogP contribution in [0.2, 0.25) is 0 Å². The zero-order valence-corrected chi connectivity index (χ0v) is 8.58. The minimum Gasteiger partial charge on any atom is -0.396 e. The van der Waals surface area contributed by atoms with Gasteiger partial charge in [-0.2, -0.15) is 0 Å². The number of aliphatic hydroxyl groups excluding tert-OH is 1.